The maximum atomic E-state index is 12.5. The number of nitrogens with zero attached hydrogens (tertiary/aromatic N) is 1. The van der Waals surface area contributed by atoms with Crippen molar-refractivity contribution in [3.63, 3.8) is 0 Å². The Kier molecular flexibility index (Phi) is 1.89. The lowest BCUT2D eigenvalue weighted by Gasteiger charge is -2.41. The van der Waals surface area contributed by atoms with Crippen molar-refractivity contribution in [1.29, 1.82) is 0 Å². The number of hydrogen-bond donors (Lipinski definition) is 0. The number of hydrogen-bond acceptors (Lipinski definition) is 2. The standard InChI is InChI=1S/C16H13NO2/c1-16-12-7-3-2-6-11(12)15(18)17(16)10-19-14-9-5-4-8-13(14)16/h2-9H,10H2,1H3. The number of amides is 1. The Balaban J connectivity index is 2.05. The summed E-state index contributed by atoms with van der Waals surface area (Å²) in [6, 6.07) is 15.8. The monoisotopic (exact) mass is 251 g/mol. The third-order valence-corrected chi connectivity index (χ3v) is 4.23. The molecule has 3 heteroatoms. The first-order valence-corrected chi connectivity index (χ1v) is 6.37. The summed E-state index contributed by atoms with van der Waals surface area (Å²) in [5, 5.41) is 0. The van der Waals surface area contributed by atoms with Crippen LogP contribution in [0.2, 0.25) is 0 Å². The molecule has 2 aromatic rings. The van der Waals surface area contributed by atoms with Gasteiger partial charge in [-0.3, -0.25) is 9.69 Å². The number of para-hydroxylation sites is 1. The molecule has 0 spiro atoms. The number of carbonyl (C=O) groups excluding carboxylic acids is 1. The maximum Gasteiger partial charge on any atom is 0.257 e. The number of fused-ring (bicyclic) bond motifs is 5. The van der Waals surface area contributed by atoms with Gasteiger partial charge in [-0.1, -0.05) is 36.4 Å². The van der Waals surface area contributed by atoms with Crippen LogP contribution < -0.4 is 4.74 Å². The van der Waals surface area contributed by atoms with Crippen LogP contribution in [0.4, 0.5) is 0 Å². The molecule has 1 unspecified atom stereocenters. The Morgan fingerprint density at radius 3 is 2.58 bits per heavy atom. The molecule has 0 saturated carbocycles. The quantitative estimate of drug-likeness (QED) is 0.720. The summed E-state index contributed by atoms with van der Waals surface area (Å²) < 4.78 is 5.71. The third kappa shape index (κ3) is 1.15. The van der Waals surface area contributed by atoms with Gasteiger partial charge in [0.2, 0.25) is 0 Å². The number of ether oxygens (including phenoxy) is 1. The van der Waals surface area contributed by atoms with Crippen molar-refractivity contribution < 1.29 is 9.53 Å². The van der Waals surface area contributed by atoms with E-state index in [1.807, 2.05) is 48.5 Å². The highest BCUT2D eigenvalue weighted by atomic mass is 16.5. The highest BCUT2D eigenvalue weighted by Crippen LogP contribution is 2.48. The van der Waals surface area contributed by atoms with Crippen LogP contribution in [0.25, 0.3) is 0 Å². The van der Waals surface area contributed by atoms with Gasteiger partial charge in [-0.2, -0.15) is 0 Å². The largest absolute Gasteiger partial charge is 0.473 e. The molecule has 0 N–H and O–H groups in total. The minimum Gasteiger partial charge on any atom is -0.473 e. The number of carbonyl (C=O) groups is 1. The van der Waals surface area contributed by atoms with Crippen LogP contribution in [0.3, 0.4) is 0 Å². The summed E-state index contributed by atoms with van der Waals surface area (Å²) in [4.78, 5) is 14.3. The van der Waals surface area contributed by atoms with Gasteiger partial charge >= 0.3 is 0 Å². The molecule has 0 saturated heterocycles. The molecular formula is C16H13NO2. The van der Waals surface area contributed by atoms with E-state index in [2.05, 4.69) is 6.92 Å². The summed E-state index contributed by atoms with van der Waals surface area (Å²) in [7, 11) is 0. The highest BCUT2D eigenvalue weighted by molar-refractivity contribution is 6.01. The minimum atomic E-state index is -0.414. The van der Waals surface area contributed by atoms with Crippen molar-refractivity contribution in [2.24, 2.45) is 0 Å². The second-order valence-electron chi connectivity index (χ2n) is 5.12. The van der Waals surface area contributed by atoms with Crippen molar-refractivity contribution in [2.45, 2.75) is 12.5 Å². The zero-order valence-electron chi connectivity index (χ0n) is 10.6. The first-order valence-electron chi connectivity index (χ1n) is 6.37. The molecule has 1 atom stereocenters. The van der Waals surface area contributed by atoms with Gasteiger partial charge in [0.25, 0.3) is 5.91 Å². The number of benzene rings is 2. The fraction of sp³-hybridized carbons (Fsp3) is 0.188. The minimum absolute atomic E-state index is 0.0487. The van der Waals surface area contributed by atoms with Crippen LogP contribution in [0.5, 0.6) is 5.75 Å². The first-order chi connectivity index (χ1) is 9.23. The van der Waals surface area contributed by atoms with Gasteiger partial charge in [-0.25, -0.2) is 0 Å². The van der Waals surface area contributed by atoms with E-state index < -0.39 is 5.54 Å². The summed E-state index contributed by atoms with van der Waals surface area (Å²) in [6.07, 6.45) is 0. The Bertz CT molecular complexity index is 695. The summed E-state index contributed by atoms with van der Waals surface area (Å²) >= 11 is 0. The van der Waals surface area contributed by atoms with Crippen molar-refractivity contribution in [3.05, 3.63) is 65.2 Å². The number of rotatable bonds is 0. The Morgan fingerprint density at radius 1 is 1.05 bits per heavy atom. The van der Waals surface area contributed by atoms with Gasteiger partial charge < -0.3 is 4.74 Å². The van der Waals surface area contributed by atoms with Gasteiger partial charge in [0, 0.05) is 11.1 Å². The van der Waals surface area contributed by atoms with Crippen molar-refractivity contribution in [2.75, 3.05) is 6.73 Å². The van der Waals surface area contributed by atoms with Crippen LogP contribution in [0.15, 0.2) is 48.5 Å². The molecule has 2 aromatic carbocycles. The molecule has 0 aliphatic carbocycles. The third-order valence-electron chi connectivity index (χ3n) is 4.23. The first kappa shape index (κ1) is 10.6. The molecule has 0 radical (unpaired) electrons. The topological polar surface area (TPSA) is 29.5 Å². The molecule has 2 aliphatic heterocycles. The predicted molar refractivity (Wildman–Crippen MR) is 71.0 cm³/mol. The fourth-order valence-electron chi connectivity index (χ4n) is 3.19. The van der Waals surface area contributed by atoms with Gasteiger partial charge in [0.05, 0.1) is 5.54 Å². The van der Waals surface area contributed by atoms with E-state index in [0.29, 0.717) is 6.73 Å². The second-order valence-corrected chi connectivity index (χ2v) is 5.12. The van der Waals surface area contributed by atoms with Crippen molar-refractivity contribution in [1.82, 2.24) is 4.90 Å². The van der Waals surface area contributed by atoms with Crippen molar-refractivity contribution in [3.8, 4) is 5.75 Å². The van der Waals surface area contributed by atoms with E-state index in [0.717, 1.165) is 22.4 Å². The Labute approximate surface area is 111 Å². The second kappa shape index (κ2) is 3.38. The molecule has 94 valence electrons. The lowest BCUT2D eigenvalue weighted by molar-refractivity contribution is 0.0275. The van der Waals surface area contributed by atoms with E-state index in [-0.39, 0.29) is 5.91 Å². The summed E-state index contributed by atoms with van der Waals surface area (Å²) in [5.41, 5.74) is 2.49. The molecule has 0 fully saturated rings. The molecular weight excluding hydrogens is 238 g/mol. The SMILES string of the molecule is CC12c3ccccc3OCN1C(=O)c1ccccc12. The average molecular weight is 251 g/mol. The van der Waals surface area contributed by atoms with E-state index in [1.165, 1.54) is 0 Å². The predicted octanol–water partition coefficient (Wildman–Crippen LogP) is 2.76. The zero-order chi connectivity index (χ0) is 13.0. The molecule has 2 aliphatic rings. The van der Waals surface area contributed by atoms with E-state index in [9.17, 15) is 4.79 Å². The van der Waals surface area contributed by atoms with Gasteiger partial charge in [-0.15, -0.1) is 0 Å². The van der Waals surface area contributed by atoms with Crippen LogP contribution in [0.1, 0.15) is 28.4 Å². The molecule has 4 rings (SSSR count). The lowest BCUT2D eigenvalue weighted by atomic mass is 9.83. The van der Waals surface area contributed by atoms with Crippen LogP contribution in [-0.2, 0) is 5.54 Å². The maximum absolute atomic E-state index is 12.5. The molecule has 0 bridgehead atoms. The zero-order valence-corrected chi connectivity index (χ0v) is 10.6. The van der Waals surface area contributed by atoms with Gasteiger partial charge in [0.15, 0.2) is 6.73 Å². The average Bonchev–Trinajstić information content (AvgIpc) is 2.69. The lowest BCUT2D eigenvalue weighted by Crippen LogP contribution is -2.47. The highest BCUT2D eigenvalue weighted by Gasteiger charge is 2.50. The normalized spacial score (nSPS) is 23.4. The van der Waals surface area contributed by atoms with E-state index in [4.69, 9.17) is 4.74 Å². The molecule has 1 amide bonds. The Morgan fingerprint density at radius 2 is 1.74 bits per heavy atom. The van der Waals surface area contributed by atoms with Gasteiger partial charge in [0.1, 0.15) is 5.75 Å². The smallest absolute Gasteiger partial charge is 0.257 e. The van der Waals surface area contributed by atoms with Crippen molar-refractivity contribution >= 4 is 5.91 Å². The molecule has 3 nitrogen and oxygen atoms in total. The van der Waals surface area contributed by atoms with Crippen LogP contribution in [-0.4, -0.2) is 17.5 Å². The Hall–Kier alpha value is -2.29. The summed E-state index contributed by atoms with van der Waals surface area (Å²) in [5.74, 6) is 0.915. The van der Waals surface area contributed by atoms with Crippen LogP contribution in [0, 0.1) is 0 Å². The van der Waals surface area contributed by atoms with Gasteiger partial charge in [-0.05, 0) is 24.6 Å². The molecule has 2 heterocycles. The van der Waals surface area contributed by atoms with E-state index in [1.54, 1.807) is 4.90 Å². The molecule has 19 heavy (non-hydrogen) atoms. The molecule has 0 aromatic heterocycles. The summed E-state index contributed by atoms with van der Waals surface area (Å²) in [6.45, 7) is 2.40. The fourth-order valence-corrected chi connectivity index (χ4v) is 3.19. The van der Waals surface area contributed by atoms with Crippen LogP contribution >= 0.6 is 0 Å². The van der Waals surface area contributed by atoms with E-state index >= 15 is 0 Å².